The first-order valence-corrected chi connectivity index (χ1v) is 10.4. The van der Waals surface area contributed by atoms with Crippen LogP contribution in [-0.4, -0.2) is 23.6 Å². The molecule has 0 aromatic heterocycles. The van der Waals surface area contributed by atoms with Crippen LogP contribution in [0, 0.1) is 19.7 Å². The zero-order valence-corrected chi connectivity index (χ0v) is 18.0. The summed E-state index contributed by atoms with van der Waals surface area (Å²) in [5.41, 5.74) is 3.08. The van der Waals surface area contributed by atoms with Gasteiger partial charge in [-0.25, -0.2) is 4.39 Å². The monoisotopic (exact) mass is 445 g/mol. The summed E-state index contributed by atoms with van der Waals surface area (Å²) in [4.78, 5) is 27.8. The molecule has 0 aliphatic carbocycles. The summed E-state index contributed by atoms with van der Waals surface area (Å²) in [5.74, 6) is -1.42. The average molecular weight is 445 g/mol. The van der Waals surface area contributed by atoms with Gasteiger partial charge < -0.3 is 14.6 Å². The smallest absolute Gasteiger partial charge is 0.300 e. The van der Waals surface area contributed by atoms with Crippen LogP contribution in [0.2, 0.25) is 0 Å². The second-order valence-electron chi connectivity index (χ2n) is 8.13. The molecule has 6 nitrogen and oxygen atoms in total. The molecule has 166 valence electrons. The lowest BCUT2D eigenvalue weighted by molar-refractivity contribution is -0.132. The Bertz CT molecular complexity index is 1310. The minimum Gasteiger partial charge on any atom is -0.507 e. The largest absolute Gasteiger partial charge is 0.507 e. The van der Waals surface area contributed by atoms with E-state index in [4.69, 9.17) is 9.47 Å². The van der Waals surface area contributed by atoms with E-state index in [1.807, 2.05) is 19.9 Å². The van der Waals surface area contributed by atoms with E-state index in [1.165, 1.54) is 29.2 Å². The topological polar surface area (TPSA) is 76.1 Å². The molecule has 2 aliphatic rings. The Morgan fingerprint density at radius 3 is 2.30 bits per heavy atom. The molecule has 1 saturated heterocycles. The van der Waals surface area contributed by atoms with Crippen molar-refractivity contribution in [3.8, 4) is 11.5 Å². The second kappa shape index (κ2) is 7.78. The number of ketones is 1. The first-order valence-electron chi connectivity index (χ1n) is 10.4. The molecule has 1 unspecified atom stereocenters. The van der Waals surface area contributed by atoms with Gasteiger partial charge in [0.15, 0.2) is 11.5 Å². The number of anilines is 1. The Hall–Kier alpha value is -4.13. The zero-order valence-electron chi connectivity index (χ0n) is 18.0. The standard InChI is InChI=1S/C26H20FNO5/c1-14-9-15(2)11-19(10-14)28-23(16-3-6-18(27)7-4-16)22(25(30)26(28)31)24(29)17-5-8-20-21(12-17)33-13-32-20/h3-12,23,29H,13H2,1-2H3/b24-22-. The summed E-state index contributed by atoms with van der Waals surface area (Å²) in [5, 5.41) is 11.2. The number of carbonyl (C=O) groups is 2. The Morgan fingerprint density at radius 1 is 0.939 bits per heavy atom. The van der Waals surface area contributed by atoms with Gasteiger partial charge in [0.1, 0.15) is 11.6 Å². The van der Waals surface area contributed by atoms with Crippen LogP contribution >= 0.6 is 0 Å². The minimum atomic E-state index is -0.933. The number of amides is 1. The van der Waals surface area contributed by atoms with Gasteiger partial charge in [-0.05, 0) is 73.0 Å². The molecule has 1 atom stereocenters. The van der Waals surface area contributed by atoms with Crippen LogP contribution in [0.15, 0.2) is 66.2 Å². The number of ether oxygens (including phenoxy) is 2. The highest BCUT2D eigenvalue weighted by Crippen LogP contribution is 2.43. The van der Waals surface area contributed by atoms with Gasteiger partial charge in [-0.2, -0.15) is 0 Å². The quantitative estimate of drug-likeness (QED) is 0.356. The van der Waals surface area contributed by atoms with Crippen LogP contribution in [0.4, 0.5) is 10.1 Å². The number of hydrogen-bond donors (Lipinski definition) is 1. The van der Waals surface area contributed by atoms with Crippen molar-refractivity contribution in [3.63, 3.8) is 0 Å². The molecule has 0 bridgehead atoms. The Balaban J connectivity index is 1.72. The number of carbonyl (C=O) groups excluding carboxylic acids is 2. The fourth-order valence-corrected chi connectivity index (χ4v) is 4.35. The van der Waals surface area contributed by atoms with E-state index < -0.39 is 23.5 Å². The van der Waals surface area contributed by atoms with Gasteiger partial charge in [-0.3, -0.25) is 14.5 Å². The maximum atomic E-state index is 13.7. The number of Topliss-reactive ketones (excluding diaryl/α,β-unsaturated/α-hetero) is 1. The van der Waals surface area contributed by atoms with Crippen molar-refractivity contribution in [1.29, 1.82) is 0 Å². The van der Waals surface area contributed by atoms with Crippen molar-refractivity contribution in [2.75, 3.05) is 11.7 Å². The molecular formula is C26H20FNO5. The summed E-state index contributed by atoms with van der Waals surface area (Å²) < 4.78 is 24.4. The Labute approximate surface area is 189 Å². The van der Waals surface area contributed by atoms with Gasteiger partial charge in [-0.1, -0.05) is 18.2 Å². The molecule has 0 radical (unpaired) electrons. The zero-order chi connectivity index (χ0) is 23.3. The molecule has 0 spiro atoms. The lowest BCUT2D eigenvalue weighted by Crippen LogP contribution is -2.29. The normalized spacial score (nSPS) is 18.8. The molecule has 7 heteroatoms. The van der Waals surface area contributed by atoms with Gasteiger partial charge in [0.2, 0.25) is 6.79 Å². The molecule has 2 heterocycles. The number of aliphatic hydroxyl groups is 1. The predicted molar refractivity (Wildman–Crippen MR) is 120 cm³/mol. The summed E-state index contributed by atoms with van der Waals surface area (Å²) in [6.45, 7) is 3.85. The highest BCUT2D eigenvalue weighted by Gasteiger charge is 2.47. The van der Waals surface area contributed by atoms with Crippen molar-refractivity contribution in [2.24, 2.45) is 0 Å². The first kappa shape index (κ1) is 20.8. The van der Waals surface area contributed by atoms with Crippen molar-refractivity contribution >= 4 is 23.1 Å². The van der Waals surface area contributed by atoms with E-state index in [1.54, 1.807) is 30.3 Å². The van der Waals surface area contributed by atoms with Crippen molar-refractivity contribution in [2.45, 2.75) is 19.9 Å². The van der Waals surface area contributed by atoms with E-state index in [0.29, 0.717) is 28.3 Å². The third kappa shape index (κ3) is 3.51. The third-order valence-electron chi connectivity index (χ3n) is 5.76. The van der Waals surface area contributed by atoms with Crippen LogP contribution in [-0.2, 0) is 9.59 Å². The fraction of sp³-hybridized carbons (Fsp3) is 0.154. The minimum absolute atomic E-state index is 0.0617. The van der Waals surface area contributed by atoms with E-state index in [9.17, 15) is 19.1 Å². The van der Waals surface area contributed by atoms with Gasteiger partial charge in [0.05, 0.1) is 11.6 Å². The van der Waals surface area contributed by atoms with E-state index >= 15 is 0 Å². The number of hydrogen-bond acceptors (Lipinski definition) is 5. The Morgan fingerprint density at radius 2 is 1.61 bits per heavy atom. The molecule has 33 heavy (non-hydrogen) atoms. The number of nitrogens with zero attached hydrogens (tertiary/aromatic N) is 1. The maximum absolute atomic E-state index is 13.7. The fourth-order valence-electron chi connectivity index (χ4n) is 4.35. The third-order valence-corrected chi connectivity index (χ3v) is 5.76. The first-order chi connectivity index (χ1) is 15.8. The molecule has 3 aromatic carbocycles. The van der Waals surface area contributed by atoms with E-state index in [-0.39, 0.29) is 18.1 Å². The molecule has 3 aromatic rings. The van der Waals surface area contributed by atoms with Gasteiger partial charge in [0.25, 0.3) is 11.7 Å². The molecule has 2 aliphatic heterocycles. The molecule has 5 rings (SSSR count). The van der Waals surface area contributed by atoms with Gasteiger partial charge >= 0.3 is 0 Å². The van der Waals surface area contributed by atoms with Crippen LogP contribution in [0.5, 0.6) is 11.5 Å². The van der Waals surface area contributed by atoms with E-state index in [2.05, 4.69) is 0 Å². The number of aryl methyl sites for hydroxylation is 2. The number of aliphatic hydroxyl groups excluding tert-OH is 1. The number of fused-ring (bicyclic) bond motifs is 1. The highest BCUT2D eigenvalue weighted by molar-refractivity contribution is 6.51. The number of benzene rings is 3. The second-order valence-corrected chi connectivity index (χ2v) is 8.13. The molecular weight excluding hydrogens is 425 g/mol. The van der Waals surface area contributed by atoms with Crippen LogP contribution in [0.3, 0.4) is 0 Å². The van der Waals surface area contributed by atoms with E-state index in [0.717, 1.165) is 11.1 Å². The lowest BCUT2D eigenvalue weighted by Gasteiger charge is -2.26. The summed E-state index contributed by atoms with van der Waals surface area (Å²) in [6, 6.07) is 14.9. The van der Waals surface area contributed by atoms with Crippen LogP contribution < -0.4 is 14.4 Å². The number of halogens is 1. The summed E-state index contributed by atoms with van der Waals surface area (Å²) in [6.07, 6.45) is 0. The molecule has 1 N–H and O–H groups in total. The van der Waals surface area contributed by atoms with Crippen LogP contribution in [0.1, 0.15) is 28.3 Å². The Kier molecular flexibility index (Phi) is 4.89. The lowest BCUT2D eigenvalue weighted by atomic mass is 9.95. The molecule has 0 saturated carbocycles. The SMILES string of the molecule is Cc1cc(C)cc(N2C(=O)C(=O)/C(=C(\O)c3ccc4c(c3)OCO4)C2c2ccc(F)cc2)c1. The average Bonchev–Trinajstić information content (AvgIpc) is 3.35. The maximum Gasteiger partial charge on any atom is 0.300 e. The summed E-state index contributed by atoms with van der Waals surface area (Å²) >= 11 is 0. The van der Waals surface area contributed by atoms with Gasteiger partial charge in [-0.15, -0.1) is 0 Å². The summed E-state index contributed by atoms with van der Waals surface area (Å²) in [7, 11) is 0. The van der Waals surface area contributed by atoms with Crippen molar-refractivity contribution in [3.05, 3.63) is 94.3 Å². The number of rotatable bonds is 3. The predicted octanol–water partition coefficient (Wildman–Crippen LogP) is 4.80. The molecule has 1 amide bonds. The van der Waals surface area contributed by atoms with Crippen molar-refractivity contribution < 1.29 is 28.6 Å². The van der Waals surface area contributed by atoms with Crippen LogP contribution in [0.25, 0.3) is 5.76 Å². The van der Waals surface area contributed by atoms with Gasteiger partial charge in [0, 0.05) is 11.3 Å². The molecule has 1 fully saturated rings. The van der Waals surface area contributed by atoms with Crippen molar-refractivity contribution in [1.82, 2.24) is 0 Å². The highest BCUT2D eigenvalue weighted by atomic mass is 19.1.